The fourth-order valence-electron chi connectivity index (χ4n) is 3.32. The Morgan fingerprint density at radius 3 is 2.12 bits per heavy atom. The smallest absolute Gasteiger partial charge is 0.396 e. The molecule has 0 spiro atoms. The summed E-state index contributed by atoms with van der Waals surface area (Å²) in [5.74, 6) is 1.39. The predicted octanol–water partition coefficient (Wildman–Crippen LogP) is 1.89. The van der Waals surface area contributed by atoms with Gasteiger partial charge in [0.15, 0.2) is 0 Å². The van der Waals surface area contributed by atoms with Crippen LogP contribution in [0.2, 0.25) is 0 Å². The van der Waals surface area contributed by atoms with Crippen molar-refractivity contribution in [1.82, 2.24) is 4.90 Å². The molecule has 94 valence electrons. The molecule has 5 heteroatoms. The average Bonchev–Trinajstić information content (AvgIpc) is 2.58. The van der Waals surface area contributed by atoms with E-state index >= 15 is 0 Å². The van der Waals surface area contributed by atoms with Gasteiger partial charge in [-0.1, -0.05) is 0 Å². The summed E-state index contributed by atoms with van der Waals surface area (Å²) in [4.78, 5) is 1.53. The van der Waals surface area contributed by atoms with Gasteiger partial charge in [0.25, 0.3) is 0 Å². The van der Waals surface area contributed by atoms with Crippen LogP contribution >= 0.6 is 0 Å². The third-order valence-corrected chi connectivity index (χ3v) is 3.86. The number of hydrogen-bond acceptors (Lipinski definition) is 2. The van der Waals surface area contributed by atoms with Gasteiger partial charge in [-0.2, -0.15) is 13.2 Å². The van der Waals surface area contributed by atoms with Crippen molar-refractivity contribution in [3.63, 3.8) is 0 Å². The molecule has 2 nitrogen and oxygen atoms in total. The standard InChI is InChI=1S/C11H18F3NO/c12-11(13,14)7-15-5-9-3-8(1-2-16)4-10(9)6-15/h8-10,16H,1-7H2/t8?,9-,10?/m0/s1. The molecule has 1 aliphatic heterocycles. The van der Waals surface area contributed by atoms with Gasteiger partial charge in [-0.15, -0.1) is 0 Å². The molecule has 0 aromatic rings. The van der Waals surface area contributed by atoms with Crippen molar-refractivity contribution in [2.45, 2.75) is 25.4 Å². The second kappa shape index (κ2) is 4.53. The number of likely N-dealkylation sites (tertiary alicyclic amines) is 1. The molecule has 3 atom stereocenters. The topological polar surface area (TPSA) is 23.5 Å². The molecule has 0 amide bonds. The second-order valence-electron chi connectivity index (χ2n) is 5.18. The van der Waals surface area contributed by atoms with Crippen LogP contribution in [-0.2, 0) is 0 Å². The van der Waals surface area contributed by atoms with Crippen LogP contribution in [0.4, 0.5) is 13.2 Å². The second-order valence-corrected chi connectivity index (χ2v) is 5.18. The molecule has 1 saturated heterocycles. The lowest BCUT2D eigenvalue weighted by molar-refractivity contribution is -0.144. The molecule has 0 radical (unpaired) electrons. The first-order valence-electron chi connectivity index (χ1n) is 5.88. The van der Waals surface area contributed by atoms with Gasteiger partial charge >= 0.3 is 6.18 Å². The maximum atomic E-state index is 12.2. The van der Waals surface area contributed by atoms with Crippen molar-refractivity contribution < 1.29 is 18.3 Å². The van der Waals surface area contributed by atoms with E-state index in [9.17, 15) is 13.2 Å². The lowest BCUT2D eigenvalue weighted by Gasteiger charge is -2.19. The van der Waals surface area contributed by atoms with Gasteiger partial charge in [0, 0.05) is 19.7 Å². The van der Waals surface area contributed by atoms with Gasteiger partial charge < -0.3 is 5.11 Å². The van der Waals surface area contributed by atoms with Crippen LogP contribution in [0.25, 0.3) is 0 Å². The lowest BCUT2D eigenvalue weighted by Crippen LogP contribution is -2.33. The van der Waals surface area contributed by atoms with Gasteiger partial charge in [-0.25, -0.2) is 0 Å². The van der Waals surface area contributed by atoms with Gasteiger partial charge in [-0.3, -0.25) is 4.90 Å². The quantitative estimate of drug-likeness (QED) is 0.810. The largest absolute Gasteiger partial charge is 0.401 e. The first kappa shape index (κ1) is 12.2. The molecule has 1 saturated carbocycles. The normalized spacial score (nSPS) is 35.6. The highest BCUT2D eigenvalue weighted by atomic mass is 19.4. The van der Waals surface area contributed by atoms with E-state index < -0.39 is 12.7 Å². The molecule has 16 heavy (non-hydrogen) atoms. The maximum Gasteiger partial charge on any atom is 0.401 e. The van der Waals surface area contributed by atoms with Crippen molar-refractivity contribution >= 4 is 0 Å². The maximum absolute atomic E-state index is 12.2. The summed E-state index contributed by atoms with van der Waals surface area (Å²) in [6.45, 7) is 0.624. The zero-order chi connectivity index (χ0) is 11.8. The van der Waals surface area contributed by atoms with Crippen LogP contribution in [0, 0.1) is 17.8 Å². The van der Waals surface area contributed by atoms with Crippen molar-refractivity contribution in [2.75, 3.05) is 26.2 Å². The van der Waals surface area contributed by atoms with Gasteiger partial charge in [0.1, 0.15) is 0 Å². The summed E-state index contributed by atoms with van der Waals surface area (Å²) in [6.07, 6.45) is -1.26. The van der Waals surface area contributed by atoms with E-state index in [0.717, 1.165) is 19.3 Å². The predicted molar refractivity (Wildman–Crippen MR) is 53.9 cm³/mol. The Labute approximate surface area is 93.4 Å². The summed E-state index contributed by atoms with van der Waals surface area (Å²) >= 11 is 0. The third kappa shape index (κ3) is 2.88. The van der Waals surface area contributed by atoms with E-state index in [1.54, 1.807) is 0 Å². The first-order chi connectivity index (χ1) is 7.48. The van der Waals surface area contributed by atoms with Crippen molar-refractivity contribution in [3.8, 4) is 0 Å². The SMILES string of the molecule is OCCC1CC2CN(CC(F)(F)F)C[C@@H]2C1. The van der Waals surface area contributed by atoms with Crippen molar-refractivity contribution in [3.05, 3.63) is 0 Å². The number of hydrogen-bond donors (Lipinski definition) is 1. The van der Waals surface area contributed by atoms with Gasteiger partial charge in [0.2, 0.25) is 0 Å². The van der Waals surface area contributed by atoms with Gasteiger partial charge in [-0.05, 0) is 37.0 Å². The number of aliphatic hydroxyl groups is 1. The number of alkyl halides is 3. The Bertz CT molecular complexity index is 230. The Morgan fingerprint density at radius 1 is 1.12 bits per heavy atom. The fraction of sp³-hybridized carbons (Fsp3) is 1.00. The molecule has 2 unspecified atom stereocenters. The minimum Gasteiger partial charge on any atom is -0.396 e. The Hall–Kier alpha value is -0.290. The van der Waals surface area contributed by atoms with Crippen molar-refractivity contribution in [2.24, 2.45) is 17.8 Å². The van der Waals surface area contributed by atoms with E-state index in [1.165, 1.54) is 4.90 Å². The fourth-order valence-corrected chi connectivity index (χ4v) is 3.32. The van der Waals surface area contributed by atoms with E-state index in [-0.39, 0.29) is 6.61 Å². The molecule has 2 aliphatic rings. The molecular weight excluding hydrogens is 219 g/mol. The monoisotopic (exact) mass is 237 g/mol. The molecular formula is C11H18F3NO. The Kier molecular flexibility index (Phi) is 3.45. The van der Waals surface area contributed by atoms with Crippen LogP contribution < -0.4 is 0 Å². The molecule has 0 bridgehead atoms. The zero-order valence-electron chi connectivity index (χ0n) is 9.21. The summed E-state index contributed by atoms with van der Waals surface area (Å²) < 4.78 is 36.6. The molecule has 1 heterocycles. The highest BCUT2D eigenvalue weighted by Gasteiger charge is 2.43. The number of halogens is 3. The van der Waals surface area contributed by atoms with Crippen LogP contribution in [0.15, 0.2) is 0 Å². The van der Waals surface area contributed by atoms with E-state index in [4.69, 9.17) is 5.11 Å². The van der Waals surface area contributed by atoms with E-state index in [2.05, 4.69) is 0 Å². The van der Waals surface area contributed by atoms with E-state index in [0.29, 0.717) is 30.8 Å². The first-order valence-corrected chi connectivity index (χ1v) is 5.88. The molecule has 1 N–H and O–H groups in total. The minimum atomic E-state index is -4.07. The zero-order valence-corrected chi connectivity index (χ0v) is 9.21. The average molecular weight is 237 g/mol. The van der Waals surface area contributed by atoms with Crippen LogP contribution in [0.3, 0.4) is 0 Å². The summed E-state index contributed by atoms with van der Waals surface area (Å²) in [5.41, 5.74) is 0. The minimum absolute atomic E-state index is 0.205. The number of rotatable bonds is 3. The molecule has 2 rings (SSSR count). The number of aliphatic hydroxyl groups excluding tert-OH is 1. The highest BCUT2D eigenvalue weighted by molar-refractivity contribution is 4.92. The number of fused-ring (bicyclic) bond motifs is 1. The van der Waals surface area contributed by atoms with Crippen molar-refractivity contribution in [1.29, 1.82) is 0 Å². The van der Waals surface area contributed by atoms with Gasteiger partial charge in [0.05, 0.1) is 6.54 Å². The van der Waals surface area contributed by atoms with Crippen LogP contribution in [0.1, 0.15) is 19.3 Å². The summed E-state index contributed by atoms with van der Waals surface area (Å²) in [6, 6.07) is 0. The van der Waals surface area contributed by atoms with Crippen LogP contribution in [-0.4, -0.2) is 42.4 Å². The molecule has 1 aliphatic carbocycles. The molecule has 0 aromatic carbocycles. The summed E-state index contributed by atoms with van der Waals surface area (Å²) in [5, 5.41) is 8.84. The molecule has 0 aromatic heterocycles. The molecule has 2 fully saturated rings. The van der Waals surface area contributed by atoms with E-state index in [1.807, 2.05) is 0 Å². The van der Waals surface area contributed by atoms with Crippen LogP contribution in [0.5, 0.6) is 0 Å². The Balaban J connectivity index is 1.80. The Morgan fingerprint density at radius 2 is 1.69 bits per heavy atom. The third-order valence-electron chi connectivity index (χ3n) is 3.86. The number of nitrogens with zero attached hydrogens (tertiary/aromatic N) is 1. The highest BCUT2D eigenvalue weighted by Crippen LogP contribution is 2.43. The lowest BCUT2D eigenvalue weighted by atomic mass is 10.0. The summed E-state index contributed by atoms with van der Waals surface area (Å²) in [7, 11) is 0.